The maximum absolute atomic E-state index is 13.2. The summed E-state index contributed by atoms with van der Waals surface area (Å²) in [5.41, 5.74) is 1.20. The van der Waals surface area contributed by atoms with E-state index in [2.05, 4.69) is 20.7 Å². The number of allylic oxidation sites excluding steroid dienone is 2. The average molecular weight is 592 g/mol. The van der Waals surface area contributed by atoms with E-state index in [4.69, 9.17) is 20.8 Å². The minimum absolute atomic E-state index is 0.0689. The van der Waals surface area contributed by atoms with E-state index in [0.717, 1.165) is 4.47 Å². The third-order valence-corrected chi connectivity index (χ3v) is 7.59. The number of halogens is 2. The number of esters is 1. The van der Waals surface area contributed by atoms with Gasteiger partial charge in [-0.05, 0) is 67.6 Å². The van der Waals surface area contributed by atoms with Gasteiger partial charge in [-0.15, -0.1) is 0 Å². The monoisotopic (exact) mass is 590 g/mol. The number of ketones is 1. The summed E-state index contributed by atoms with van der Waals surface area (Å²) >= 11 is 9.21. The number of carbonyl (C=O) groups excluding carboxylic acids is 2. The number of hydrogen-bond donors (Lipinski definition) is 1. The molecule has 0 bridgehead atoms. The number of anilines is 1. The van der Waals surface area contributed by atoms with Crippen LogP contribution in [0.3, 0.4) is 0 Å². The summed E-state index contributed by atoms with van der Waals surface area (Å²) in [5, 5.41) is 0.427. The van der Waals surface area contributed by atoms with Crippen LogP contribution in [0.15, 0.2) is 91.4 Å². The number of furan rings is 1. The van der Waals surface area contributed by atoms with Gasteiger partial charge in [0.15, 0.2) is 0 Å². The van der Waals surface area contributed by atoms with Crippen LogP contribution < -0.4 is 9.62 Å². The highest BCUT2D eigenvalue weighted by Gasteiger charge is 2.38. The number of nitrogens with zero attached hydrogens (tertiary/aromatic N) is 1. The van der Waals surface area contributed by atoms with Crippen LogP contribution in [0.4, 0.5) is 5.69 Å². The van der Waals surface area contributed by atoms with E-state index in [-0.39, 0.29) is 22.7 Å². The minimum Gasteiger partial charge on any atom is -0.465 e. The van der Waals surface area contributed by atoms with Crippen molar-refractivity contribution in [1.82, 2.24) is 4.72 Å². The summed E-state index contributed by atoms with van der Waals surface area (Å²) in [7, 11) is -2.57. The molecule has 0 saturated carbocycles. The van der Waals surface area contributed by atoms with E-state index in [1.54, 1.807) is 36.1 Å². The first-order chi connectivity index (χ1) is 17.1. The molecule has 1 aliphatic heterocycles. The normalized spacial score (nSPS) is 15.2. The van der Waals surface area contributed by atoms with Crippen molar-refractivity contribution in [3.05, 3.63) is 98.6 Å². The molecule has 36 heavy (non-hydrogen) atoms. The molecule has 2 heterocycles. The fraction of sp³-hybridized carbons (Fsp3) is 0.120. The van der Waals surface area contributed by atoms with Crippen molar-refractivity contribution in [3.63, 3.8) is 0 Å². The molecule has 8 nitrogen and oxygen atoms in total. The zero-order chi connectivity index (χ0) is 26.0. The van der Waals surface area contributed by atoms with Gasteiger partial charge in [-0.2, -0.15) is 0 Å². The highest BCUT2D eigenvalue weighted by Crippen LogP contribution is 2.36. The van der Waals surface area contributed by atoms with Gasteiger partial charge in [-0.3, -0.25) is 4.79 Å². The van der Waals surface area contributed by atoms with Crippen molar-refractivity contribution in [1.29, 1.82) is 0 Å². The number of rotatable bonds is 7. The van der Waals surface area contributed by atoms with E-state index in [1.807, 2.05) is 12.1 Å². The average Bonchev–Trinajstić information content (AvgIpc) is 3.40. The number of carbonyl (C=O) groups is 2. The van der Waals surface area contributed by atoms with E-state index in [9.17, 15) is 18.0 Å². The first kappa shape index (κ1) is 25.9. The van der Waals surface area contributed by atoms with Crippen LogP contribution in [0.5, 0.6) is 0 Å². The lowest BCUT2D eigenvalue weighted by molar-refractivity contribution is -0.137. The van der Waals surface area contributed by atoms with Crippen LogP contribution in [0.1, 0.15) is 18.4 Å². The van der Waals surface area contributed by atoms with Gasteiger partial charge in [0.1, 0.15) is 17.1 Å². The molecule has 4 rings (SSSR count). The number of nitrogens with one attached hydrogen (secondary N) is 1. The molecule has 0 spiro atoms. The molecule has 1 aliphatic rings. The largest absolute Gasteiger partial charge is 0.465 e. The van der Waals surface area contributed by atoms with Crippen molar-refractivity contribution in [2.75, 3.05) is 12.0 Å². The molecule has 0 amide bonds. The van der Waals surface area contributed by atoms with Gasteiger partial charge in [0.2, 0.25) is 15.8 Å². The van der Waals surface area contributed by atoms with Crippen molar-refractivity contribution >= 4 is 61.1 Å². The van der Waals surface area contributed by atoms with Crippen LogP contribution in [-0.2, 0) is 30.9 Å². The summed E-state index contributed by atoms with van der Waals surface area (Å²) in [6.07, 6.45) is 1.50. The second-order valence-electron chi connectivity index (χ2n) is 7.71. The van der Waals surface area contributed by atoms with Crippen LogP contribution in [0.25, 0.3) is 6.08 Å². The zero-order valence-corrected chi connectivity index (χ0v) is 22.3. The molecule has 1 N–H and O–H groups in total. The number of sulfonamides is 1. The molecule has 0 unspecified atom stereocenters. The number of benzene rings is 2. The lowest BCUT2D eigenvalue weighted by Crippen LogP contribution is -2.22. The Morgan fingerprint density at radius 3 is 2.42 bits per heavy atom. The lowest BCUT2D eigenvalue weighted by atomic mass is 10.1. The molecule has 1 aromatic heterocycles. The Bertz CT molecular complexity index is 1490. The lowest BCUT2D eigenvalue weighted by Gasteiger charge is -2.21. The Labute approximate surface area is 221 Å². The Morgan fingerprint density at radius 2 is 1.78 bits per heavy atom. The van der Waals surface area contributed by atoms with E-state index in [1.165, 1.54) is 37.5 Å². The standard InChI is InChI=1S/C25H20BrClN2O6S/c1-15-23(25(31)34-2)24(30)22(29(15)18-7-3-16(26)4-8-18)13-19-9-10-20(35-19)14-28-36(32,33)21-11-5-17(27)6-12-21/h3-13,28H,14H2,1-2H3/b22-13+. The summed E-state index contributed by atoms with van der Waals surface area (Å²) < 4.78 is 38.9. The molecule has 0 radical (unpaired) electrons. The Hall–Kier alpha value is -3.18. The Morgan fingerprint density at radius 1 is 1.11 bits per heavy atom. The van der Waals surface area contributed by atoms with Crippen molar-refractivity contribution in [3.8, 4) is 0 Å². The van der Waals surface area contributed by atoms with Crippen LogP contribution in [0.2, 0.25) is 5.02 Å². The fourth-order valence-corrected chi connectivity index (χ4v) is 5.03. The summed E-state index contributed by atoms with van der Waals surface area (Å²) in [5.74, 6) is -0.610. The molecule has 2 aromatic carbocycles. The van der Waals surface area contributed by atoms with Gasteiger partial charge in [-0.25, -0.2) is 17.9 Å². The highest BCUT2D eigenvalue weighted by molar-refractivity contribution is 9.10. The van der Waals surface area contributed by atoms with Crippen molar-refractivity contribution in [2.24, 2.45) is 0 Å². The maximum atomic E-state index is 13.2. The molecule has 186 valence electrons. The minimum atomic E-state index is -3.78. The molecular formula is C25H20BrClN2O6S. The number of methoxy groups -OCH3 is 1. The molecule has 3 aromatic rings. The topological polar surface area (TPSA) is 106 Å². The second-order valence-corrected chi connectivity index (χ2v) is 10.8. The SMILES string of the molecule is COC(=O)C1=C(C)N(c2ccc(Br)cc2)/C(=C/c2ccc(CNS(=O)(=O)c3ccc(Cl)cc3)o2)C1=O. The summed E-state index contributed by atoms with van der Waals surface area (Å²) in [6, 6.07) is 16.2. The quantitative estimate of drug-likeness (QED) is 0.233. The van der Waals surface area contributed by atoms with E-state index < -0.39 is 21.8 Å². The molecule has 11 heteroatoms. The first-order valence-electron chi connectivity index (χ1n) is 10.6. The Kier molecular flexibility index (Phi) is 7.51. The van der Waals surface area contributed by atoms with Crippen LogP contribution in [-0.4, -0.2) is 27.3 Å². The molecular weight excluding hydrogens is 572 g/mol. The summed E-state index contributed by atoms with van der Waals surface area (Å²) in [6.45, 7) is 1.55. The smallest absolute Gasteiger partial charge is 0.343 e. The van der Waals surface area contributed by atoms with Crippen molar-refractivity contribution in [2.45, 2.75) is 18.4 Å². The fourth-order valence-electron chi connectivity index (χ4n) is 3.65. The third kappa shape index (κ3) is 5.31. The first-order valence-corrected chi connectivity index (χ1v) is 13.2. The summed E-state index contributed by atoms with van der Waals surface area (Å²) in [4.78, 5) is 27.2. The molecule has 0 fully saturated rings. The van der Waals surface area contributed by atoms with Crippen molar-refractivity contribution < 1.29 is 27.2 Å². The number of hydrogen-bond acceptors (Lipinski definition) is 7. The Balaban J connectivity index is 1.61. The van der Waals surface area contributed by atoms with Gasteiger partial charge in [-0.1, -0.05) is 27.5 Å². The van der Waals surface area contributed by atoms with Crippen LogP contribution in [0, 0.1) is 0 Å². The molecule has 0 atom stereocenters. The molecule has 0 saturated heterocycles. The predicted octanol–water partition coefficient (Wildman–Crippen LogP) is 5.05. The van der Waals surface area contributed by atoms with E-state index in [0.29, 0.717) is 27.9 Å². The number of Topliss-reactive ketones (excluding diaryl/α,β-unsaturated/α-hetero) is 1. The second kappa shape index (κ2) is 10.4. The van der Waals surface area contributed by atoms with Gasteiger partial charge < -0.3 is 14.1 Å². The predicted molar refractivity (Wildman–Crippen MR) is 139 cm³/mol. The van der Waals surface area contributed by atoms with Gasteiger partial charge >= 0.3 is 5.97 Å². The highest BCUT2D eigenvalue weighted by atomic mass is 79.9. The molecule has 0 aliphatic carbocycles. The number of ether oxygens (including phenoxy) is 1. The van der Waals surface area contributed by atoms with Gasteiger partial charge in [0.05, 0.1) is 24.2 Å². The third-order valence-electron chi connectivity index (χ3n) is 5.39. The van der Waals surface area contributed by atoms with Gasteiger partial charge in [0, 0.05) is 27.0 Å². The van der Waals surface area contributed by atoms with Gasteiger partial charge in [0.25, 0.3) is 0 Å². The zero-order valence-electron chi connectivity index (χ0n) is 19.1. The van der Waals surface area contributed by atoms with Crippen LogP contribution >= 0.6 is 27.5 Å². The maximum Gasteiger partial charge on any atom is 0.343 e. The van der Waals surface area contributed by atoms with E-state index >= 15 is 0 Å².